The maximum Gasteiger partial charge on any atom is 0.338 e. The summed E-state index contributed by atoms with van der Waals surface area (Å²) in [6, 6.07) is 24.7. The first-order chi connectivity index (χ1) is 16.5. The molecule has 1 heterocycles. The molecule has 0 unspecified atom stereocenters. The normalized spacial score (nSPS) is 13.4. The van der Waals surface area contributed by atoms with Gasteiger partial charge < -0.3 is 14.4 Å². The van der Waals surface area contributed by atoms with Crippen LogP contribution < -0.4 is 9.80 Å². The van der Waals surface area contributed by atoms with Crippen molar-refractivity contribution in [1.29, 1.82) is 0 Å². The third-order valence-corrected chi connectivity index (χ3v) is 5.48. The molecule has 0 aromatic heterocycles. The Labute approximate surface area is 197 Å². The number of carbonyl (C=O) groups excluding carboxylic acids is 3. The smallest absolute Gasteiger partial charge is 0.338 e. The van der Waals surface area contributed by atoms with Crippen molar-refractivity contribution in [2.45, 2.75) is 0 Å². The number of anilines is 2. The zero-order valence-electron chi connectivity index (χ0n) is 18.9. The van der Waals surface area contributed by atoms with E-state index in [4.69, 9.17) is 9.47 Å². The first-order valence-corrected chi connectivity index (χ1v) is 10.8. The molecule has 2 amide bonds. The zero-order valence-corrected chi connectivity index (χ0v) is 18.9. The Morgan fingerprint density at radius 1 is 0.824 bits per heavy atom. The van der Waals surface area contributed by atoms with E-state index in [0.717, 1.165) is 10.6 Å². The second-order valence-corrected chi connectivity index (χ2v) is 7.61. The molecule has 0 N–H and O–H groups in total. The van der Waals surface area contributed by atoms with Gasteiger partial charge >= 0.3 is 5.97 Å². The third-order valence-electron chi connectivity index (χ3n) is 5.48. The number of methoxy groups -OCH3 is 1. The number of benzene rings is 3. The summed E-state index contributed by atoms with van der Waals surface area (Å²) >= 11 is 0. The monoisotopic (exact) mass is 456 g/mol. The van der Waals surface area contributed by atoms with E-state index >= 15 is 0 Å². The average molecular weight is 456 g/mol. The van der Waals surface area contributed by atoms with Gasteiger partial charge in [0, 0.05) is 19.8 Å². The number of esters is 1. The molecule has 7 heteroatoms. The Morgan fingerprint density at radius 3 is 2.06 bits per heavy atom. The number of likely N-dealkylation sites (N-methyl/N-ethyl adjacent to an activating group) is 1. The highest BCUT2D eigenvalue weighted by molar-refractivity contribution is 6.46. The van der Waals surface area contributed by atoms with Crippen molar-refractivity contribution in [2.24, 2.45) is 0 Å². The Balaban J connectivity index is 1.68. The van der Waals surface area contributed by atoms with Gasteiger partial charge in [-0.15, -0.1) is 0 Å². The number of carbonyl (C=O) groups is 3. The van der Waals surface area contributed by atoms with Crippen LogP contribution in [0.2, 0.25) is 0 Å². The molecule has 0 spiro atoms. The number of imide groups is 1. The van der Waals surface area contributed by atoms with Crippen LogP contribution in [0.25, 0.3) is 5.57 Å². The number of rotatable bonds is 8. The van der Waals surface area contributed by atoms with Crippen LogP contribution in [0.1, 0.15) is 15.9 Å². The molecular weight excluding hydrogens is 432 g/mol. The molecule has 0 aliphatic carbocycles. The Morgan fingerprint density at radius 2 is 1.44 bits per heavy atom. The predicted octanol–water partition coefficient (Wildman–Crippen LogP) is 3.91. The topological polar surface area (TPSA) is 76.2 Å². The lowest BCUT2D eigenvalue weighted by Crippen LogP contribution is -2.34. The molecule has 0 bridgehead atoms. The number of nitrogens with zero attached hydrogens (tertiary/aromatic N) is 2. The summed E-state index contributed by atoms with van der Waals surface area (Å²) in [4.78, 5) is 42.2. The van der Waals surface area contributed by atoms with E-state index < -0.39 is 17.8 Å². The lowest BCUT2D eigenvalue weighted by molar-refractivity contribution is -0.120. The molecule has 0 saturated carbocycles. The highest BCUT2D eigenvalue weighted by Crippen LogP contribution is 2.36. The molecule has 0 atom stereocenters. The number of hydrogen-bond donors (Lipinski definition) is 0. The van der Waals surface area contributed by atoms with Crippen molar-refractivity contribution in [1.82, 2.24) is 0 Å². The van der Waals surface area contributed by atoms with Gasteiger partial charge in [0.05, 0.1) is 23.4 Å². The minimum absolute atomic E-state index is 0.139. The molecule has 4 rings (SSSR count). The largest absolute Gasteiger partial charge is 0.460 e. The highest BCUT2D eigenvalue weighted by atomic mass is 16.6. The zero-order chi connectivity index (χ0) is 24.1. The van der Waals surface area contributed by atoms with Gasteiger partial charge in [-0.25, -0.2) is 9.69 Å². The SMILES string of the molecule is COCCOC(=O)c1ccc(N2C(=O)C(c3ccccc3)=C(N(C)c3ccccc3)C2=O)cc1. The minimum atomic E-state index is -0.504. The molecule has 172 valence electrons. The van der Waals surface area contributed by atoms with Crippen molar-refractivity contribution in [3.05, 3.63) is 102 Å². The van der Waals surface area contributed by atoms with Crippen molar-refractivity contribution in [2.75, 3.05) is 37.2 Å². The summed E-state index contributed by atoms with van der Waals surface area (Å²) in [5.41, 5.74) is 2.72. The third kappa shape index (κ3) is 4.46. The minimum Gasteiger partial charge on any atom is -0.460 e. The van der Waals surface area contributed by atoms with Crippen LogP contribution in [0.3, 0.4) is 0 Å². The summed E-state index contributed by atoms with van der Waals surface area (Å²) < 4.78 is 10.0. The number of ether oxygens (including phenoxy) is 2. The fraction of sp³-hybridized carbons (Fsp3) is 0.148. The molecule has 1 aliphatic heterocycles. The van der Waals surface area contributed by atoms with Gasteiger partial charge in [0.25, 0.3) is 11.8 Å². The van der Waals surface area contributed by atoms with Crippen LogP contribution in [0.15, 0.2) is 90.6 Å². The van der Waals surface area contributed by atoms with Crippen molar-refractivity contribution < 1.29 is 23.9 Å². The molecule has 3 aromatic carbocycles. The number of para-hydroxylation sites is 1. The maximum absolute atomic E-state index is 13.6. The van der Waals surface area contributed by atoms with Crippen LogP contribution in [0.4, 0.5) is 11.4 Å². The van der Waals surface area contributed by atoms with E-state index in [2.05, 4.69) is 0 Å². The van der Waals surface area contributed by atoms with Crippen LogP contribution in [-0.4, -0.2) is 45.2 Å². The molecular formula is C27H24N2O5. The van der Waals surface area contributed by atoms with E-state index in [1.54, 1.807) is 24.1 Å². The lowest BCUT2D eigenvalue weighted by Gasteiger charge is -2.21. The molecule has 7 nitrogen and oxygen atoms in total. The Hall–Kier alpha value is -4.23. The second-order valence-electron chi connectivity index (χ2n) is 7.61. The van der Waals surface area contributed by atoms with E-state index in [1.165, 1.54) is 19.2 Å². The van der Waals surface area contributed by atoms with Gasteiger partial charge in [0.2, 0.25) is 0 Å². The van der Waals surface area contributed by atoms with Gasteiger partial charge in [-0.1, -0.05) is 48.5 Å². The Kier molecular flexibility index (Phi) is 6.85. The van der Waals surface area contributed by atoms with Gasteiger partial charge in [-0.3, -0.25) is 9.59 Å². The summed E-state index contributed by atoms with van der Waals surface area (Å²) in [6.07, 6.45) is 0. The standard InChI is InChI=1S/C27H24N2O5/c1-28(21-11-7-4-8-12-21)24-23(19-9-5-3-6-10-19)25(30)29(26(24)31)22-15-13-20(14-16-22)27(32)34-18-17-33-2/h3-16H,17-18H2,1-2H3. The summed E-state index contributed by atoms with van der Waals surface area (Å²) in [6.45, 7) is 0.436. The molecule has 34 heavy (non-hydrogen) atoms. The summed E-state index contributed by atoms with van der Waals surface area (Å²) in [5, 5.41) is 0. The molecule has 0 fully saturated rings. The first-order valence-electron chi connectivity index (χ1n) is 10.8. The first kappa shape index (κ1) is 22.9. The maximum atomic E-state index is 13.6. The molecule has 1 aliphatic rings. The average Bonchev–Trinajstić information content (AvgIpc) is 3.14. The summed E-state index contributed by atoms with van der Waals surface area (Å²) in [5.74, 6) is -1.37. The second kappa shape index (κ2) is 10.1. The van der Waals surface area contributed by atoms with Gasteiger partial charge in [-0.2, -0.15) is 0 Å². The number of amides is 2. The quantitative estimate of drug-likeness (QED) is 0.291. The van der Waals surface area contributed by atoms with E-state index in [-0.39, 0.29) is 12.3 Å². The van der Waals surface area contributed by atoms with E-state index in [0.29, 0.717) is 29.0 Å². The van der Waals surface area contributed by atoms with Crippen LogP contribution in [-0.2, 0) is 19.1 Å². The Bertz CT molecular complexity index is 1220. The highest BCUT2D eigenvalue weighted by Gasteiger charge is 2.42. The van der Waals surface area contributed by atoms with Crippen LogP contribution >= 0.6 is 0 Å². The van der Waals surface area contributed by atoms with Gasteiger partial charge in [-0.05, 0) is 42.0 Å². The predicted molar refractivity (Wildman–Crippen MR) is 129 cm³/mol. The molecule has 3 aromatic rings. The van der Waals surface area contributed by atoms with Gasteiger partial charge in [0.15, 0.2) is 0 Å². The molecule has 0 saturated heterocycles. The van der Waals surface area contributed by atoms with Gasteiger partial charge in [0.1, 0.15) is 12.3 Å². The number of hydrogen-bond acceptors (Lipinski definition) is 6. The van der Waals surface area contributed by atoms with E-state index in [1.807, 2.05) is 60.7 Å². The van der Waals surface area contributed by atoms with Crippen molar-refractivity contribution in [3.63, 3.8) is 0 Å². The lowest BCUT2D eigenvalue weighted by atomic mass is 10.0. The van der Waals surface area contributed by atoms with Crippen molar-refractivity contribution >= 4 is 34.7 Å². The van der Waals surface area contributed by atoms with Crippen LogP contribution in [0, 0.1) is 0 Å². The van der Waals surface area contributed by atoms with E-state index in [9.17, 15) is 14.4 Å². The molecule has 0 radical (unpaired) electrons. The summed E-state index contributed by atoms with van der Waals surface area (Å²) in [7, 11) is 3.29. The van der Waals surface area contributed by atoms with Crippen molar-refractivity contribution in [3.8, 4) is 0 Å². The fourth-order valence-electron chi connectivity index (χ4n) is 3.76. The van der Waals surface area contributed by atoms with Crippen LogP contribution in [0.5, 0.6) is 0 Å². The fourth-order valence-corrected chi connectivity index (χ4v) is 3.76.